The van der Waals surface area contributed by atoms with E-state index in [-0.39, 0.29) is 5.69 Å². The molecule has 7 heteroatoms. The summed E-state index contributed by atoms with van der Waals surface area (Å²) in [7, 11) is 0. The third-order valence-corrected chi connectivity index (χ3v) is 3.15. The van der Waals surface area contributed by atoms with E-state index in [0.717, 1.165) is 17.7 Å². The van der Waals surface area contributed by atoms with Crippen molar-refractivity contribution in [1.29, 1.82) is 0 Å². The van der Waals surface area contributed by atoms with Crippen LogP contribution in [0.4, 0.5) is 29.3 Å². The number of carbonyl (C=O) groups excluding carboxylic acids is 1. The Hall–Kier alpha value is -2.21. The van der Waals surface area contributed by atoms with Crippen molar-refractivity contribution in [3.05, 3.63) is 58.6 Å². The molecule has 0 bridgehead atoms. The topological polar surface area (TPSA) is 41.1 Å². The molecule has 0 spiro atoms. The van der Waals surface area contributed by atoms with Crippen LogP contribution in [0, 0.1) is 6.92 Å². The van der Waals surface area contributed by atoms with Gasteiger partial charge in [0.15, 0.2) is 0 Å². The van der Waals surface area contributed by atoms with Crippen LogP contribution in [-0.2, 0) is 6.18 Å². The number of rotatable bonds is 2. The molecule has 22 heavy (non-hydrogen) atoms. The lowest BCUT2D eigenvalue weighted by molar-refractivity contribution is -0.137. The highest BCUT2D eigenvalue weighted by Gasteiger charge is 2.29. The van der Waals surface area contributed by atoms with Gasteiger partial charge in [-0.05, 0) is 48.9 Å². The van der Waals surface area contributed by atoms with Crippen LogP contribution in [0.2, 0.25) is 5.02 Å². The van der Waals surface area contributed by atoms with Gasteiger partial charge in [-0.3, -0.25) is 0 Å². The second-order valence-corrected chi connectivity index (χ2v) is 5.05. The molecule has 0 radical (unpaired) electrons. The zero-order chi connectivity index (χ0) is 16.3. The summed E-state index contributed by atoms with van der Waals surface area (Å²) in [4.78, 5) is 11.8. The average Bonchev–Trinajstić information content (AvgIpc) is 2.42. The summed E-state index contributed by atoms with van der Waals surface area (Å²) in [6, 6.07) is 8.64. The van der Waals surface area contributed by atoms with Gasteiger partial charge in [-0.1, -0.05) is 17.7 Å². The molecular weight excluding hydrogens is 317 g/mol. The van der Waals surface area contributed by atoms with E-state index in [0.29, 0.717) is 10.7 Å². The van der Waals surface area contributed by atoms with Crippen LogP contribution in [0.5, 0.6) is 0 Å². The van der Waals surface area contributed by atoms with E-state index in [1.54, 1.807) is 25.1 Å². The third-order valence-electron chi connectivity index (χ3n) is 2.92. The minimum Gasteiger partial charge on any atom is -0.308 e. The SMILES string of the molecule is Cc1ccc(Cl)cc1NC(=O)Nc1ccc(C(F)(F)F)cc1. The van der Waals surface area contributed by atoms with Crippen molar-refractivity contribution >= 4 is 29.0 Å². The van der Waals surface area contributed by atoms with Crippen molar-refractivity contribution in [1.82, 2.24) is 0 Å². The van der Waals surface area contributed by atoms with Crippen LogP contribution in [-0.4, -0.2) is 6.03 Å². The Kier molecular flexibility index (Phi) is 4.61. The molecule has 2 N–H and O–H groups in total. The van der Waals surface area contributed by atoms with E-state index in [1.807, 2.05) is 0 Å². The molecule has 0 aliphatic rings. The molecule has 0 aliphatic carbocycles. The van der Waals surface area contributed by atoms with Gasteiger partial charge in [0.25, 0.3) is 0 Å². The first-order valence-electron chi connectivity index (χ1n) is 6.27. The Bertz CT molecular complexity index is 684. The van der Waals surface area contributed by atoms with Crippen molar-refractivity contribution in [2.45, 2.75) is 13.1 Å². The number of carbonyl (C=O) groups is 1. The molecule has 116 valence electrons. The summed E-state index contributed by atoms with van der Waals surface area (Å²) in [5, 5.41) is 5.51. The van der Waals surface area contributed by atoms with Gasteiger partial charge >= 0.3 is 12.2 Å². The lowest BCUT2D eigenvalue weighted by Crippen LogP contribution is -2.20. The van der Waals surface area contributed by atoms with Crippen LogP contribution in [0.1, 0.15) is 11.1 Å². The van der Waals surface area contributed by atoms with Crippen LogP contribution in [0.3, 0.4) is 0 Å². The van der Waals surface area contributed by atoms with E-state index in [1.165, 1.54) is 12.1 Å². The number of nitrogens with one attached hydrogen (secondary N) is 2. The number of urea groups is 1. The van der Waals surface area contributed by atoms with E-state index in [4.69, 9.17) is 11.6 Å². The molecule has 0 saturated heterocycles. The van der Waals surface area contributed by atoms with Crippen molar-refractivity contribution < 1.29 is 18.0 Å². The minimum atomic E-state index is -4.40. The first-order chi connectivity index (χ1) is 10.3. The number of anilines is 2. The Balaban J connectivity index is 2.04. The Morgan fingerprint density at radius 1 is 1.05 bits per heavy atom. The molecular formula is C15H12ClF3N2O. The second-order valence-electron chi connectivity index (χ2n) is 4.61. The van der Waals surface area contributed by atoms with Gasteiger partial charge in [0.1, 0.15) is 0 Å². The number of halogens is 4. The molecule has 0 fully saturated rings. The van der Waals surface area contributed by atoms with Crippen LogP contribution >= 0.6 is 11.6 Å². The minimum absolute atomic E-state index is 0.255. The lowest BCUT2D eigenvalue weighted by atomic mass is 10.2. The van der Waals surface area contributed by atoms with Crippen LogP contribution in [0.25, 0.3) is 0 Å². The normalized spacial score (nSPS) is 11.1. The van der Waals surface area contributed by atoms with Crippen molar-refractivity contribution in [2.24, 2.45) is 0 Å². The molecule has 2 amide bonds. The molecule has 0 aliphatic heterocycles. The molecule has 0 saturated carbocycles. The first kappa shape index (κ1) is 16.2. The number of amides is 2. The maximum Gasteiger partial charge on any atom is 0.416 e. The standard InChI is InChI=1S/C15H12ClF3N2O/c1-9-2-5-11(16)8-13(9)21-14(22)20-12-6-3-10(4-7-12)15(17,18)19/h2-8H,1H3,(H2,20,21,22). The molecule has 0 aromatic heterocycles. The molecule has 3 nitrogen and oxygen atoms in total. The van der Waals surface area contributed by atoms with Gasteiger partial charge in [0, 0.05) is 16.4 Å². The quantitative estimate of drug-likeness (QED) is 0.770. The number of benzene rings is 2. The van der Waals surface area contributed by atoms with Crippen molar-refractivity contribution in [3.8, 4) is 0 Å². The van der Waals surface area contributed by atoms with Gasteiger partial charge in [-0.15, -0.1) is 0 Å². The van der Waals surface area contributed by atoms with Gasteiger partial charge in [0.2, 0.25) is 0 Å². The fraction of sp³-hybridized carbons (Fsp3) is 0.133. The molecule has 0 atom stereocenters. The van der Waals surface area contributed by atoms with Gasteiger partial charge in [-0.25, -0.2) is 4.79 Å². The van der Waals surface area contributed by atoms with E-state index in [2.05, 4.69) is 10.6 Å². The summed E-state index contributed by atoms with van der Waals surface area (Å²) in [6.07, 6.45) is -4.40. The Morgan fingerprint density at radius 3 is 2.27 bits per heavy atom. The third kappa shape index (κ3) is 4.14. The summed E-state index contributed by atoms with van der Waals surface area (Å²) in [5.41, 5.74) is 0.818. The zero-order valence-corrected chi connectivity index (χ0v) is 12.2. The summed E-state index contributed by atoms with van der Waals surface area (Å²) < 4.78 is 37.3. The maximum atomic E-state index is 12.4. The van der Waals surface area contributed by atoms with Crippen LogP contribution < -0.4 is 10.6 Å². The predicted molar refractivity (Wildman–Crippen MR) is 80.3 cm³/mol. The monoisotopic (exact) mass is 328 g/mol. The summed E-state index contributed by atoms with van der Waals surface area (Å²) >= 11 is 5.84. The number of hydrogen-bond acceptors (Lipinski definition) is 1. The highest BCUT2D eigenvalue weighted by Crippen LogP contribution is 2.29. The predicted octanol–water partition coefficient (Wildman–Crippen LogP) is 5.31. The highest BCUT2D eigenvalue weighted by atomic mass is 35.5. The van der Waals surface area contributed by atoms with E-state index >= 15 is 0 Å². The molecule has 0 heterocycles. The lowest BCUT2D eigenvalue weighted by Gasteiger charge is -2.11. The fourth-order valence-corrected chi connectivity index (χ4v) is 1.93. The Labute approximate surface area is 130 Å². The van der Waals surface area contributed by atoms with Crippen molar-refractivity contribution in [2.75, 3.05) is 10.6 Å². The molecule has 2 aromatic rings. The van der Waals surface area contributed by atoms with Gasteiger partial charge in [-0.2, -0.15) is 13.2 Å². The number of aryl methyl sites for hydroxylation is 1. The fourth-order valence-electron chi connectivity index (χ4n) is 1.76. The maximum absolute atomic E-state index is 12.4. The molecule has 2 aromatic carbocycles. The molecule has 0 unspecified atom stereocenters. The average molecular weight is 329 g/mol. The highest BCUT2D eigenvalue weighted by molar-refractivity contribution is 6.31. The molecule has 2 rings (SSSR count). The number of hydrogen-bond donors (Lipinski definition) is 2. The van der Waals surface area contributed by atoms with Gasteiger partial charge < -0.3 is 10.6 Å². The summed E-state index contributed by atoms with van der Waals surface area (Å²) in [6.45, 7) is 1.80. The van der Waals surface area contributed by atoms with Crippen molar-refractivity contribution in [3.63, 3.8) is 0 Å². The van der Waals surface area contributed by atoms with E-state index < -0.39 is 17.8 Å². The Morgan fingerprint density at radius 2 is 1.68 bits per heavy atom. The zero-order valence-electron chi connectivity index (χ0n) is 11.5. The summed E-state index contributed by atoms with van der Waals surface area (Å²) in [5.74, 6) is 0. The van der Waals surface area contributed by atoms with Crippen LogP contribution in [0.15, 0.2) is 42.5 Å². The van der Waals surface area contributed by atoms with E-state index in [9.17, 15) is 18.0 Å². The number of alkyl halides is 3. The second kappa shape index (κ2) is 6.27. The first-order valence-corrected chi connectivity index (χ1v) is 6.65. The smallest absolute Gasteiger partial charge is 0.308 e. The largest absolute Gasteiger partial charge is 0.416 e. The van der Waals surface area contributed by atoms with Gasteiger partial charge in [0.05, 0.1) is 5.56 Å².